The van der Waals surface area contributed by atoms with Crippen LogP contribution in [0.25, 0.3) is 5.57 Å². The molecule has 1 unspecified atom stereocenters. The van der Waals surface area contributed by atoms with Gasteiger partial charge in [0.15, 0.2) is 0 Å². The van der Waals surface area contributed by atoms with Crippen LogP contribution in [0.1, 0.15) is 57.4 Å². The molecule has 0 N–H and O–H groups in total. The number of allylic oxidation sites excluding steroid dienone is 2. The zero-order valence-electron chi connectivity index (χ0n) is 13.5. The average molecular weight is 284 g/mol. The van der Waals surface area contributed by atoms with Gasteiger partial charge < -0.3 is 4.74 Å². The van der Waals surface area contributed by atoms with E-state index in [-0.39, 0.29) is 0 Å². The van der Waals surface area contributed by atoms with Gasteiger partial charge in [0.05, 0.1) is 7.11 Å². The topological polar surface area (TPSA) is 9.23 Å². The maximum atomic E-state index is 5.24. The van der Waals surface area contributed by atoms with E-state index in [4.69, 9.17) is 4.74 Å². The van der Waals surface area contributed by atoms with E-state index < -0.39 is 0 Å². The van der Waals surface area contributed by atoms with Gasteiger partial charge in [-0.25, -0.2) is 0 Å². The van der Waals surface area contributed by atoms with E-state index in [0.29, 0.717) is 0 Å². The lowest BCUT2D eigenvalue weighted by Gasteiger charge is -2.34. The van der Waals surface area contributed by atoms with Gasteiger partial charge in [0.25, 0.3) is 0 Å². The molecule has 1 atom stereocenters. The molecule has 0 bridgehead atoms. The molecule has 0 amide bonds. The van der Waals surface area contributed by atoms with Gasteiger partial charge in [-0.05, 0) is 73.1 Å². The summed E-state index contributed by atoms with van der Waals surface area (Å²) in [6.07, 6.45) is 12.3. The van der Waals surface area contributed by atoms with Gasteiger partial charge in [-0.15, -0.1) is 0 Å². The summed E-state index contributed by atoms with van der Waals surface area (Å²) < 4.78 is 5.24. The van der Waals surface area contributed by atoms with Gasteiger partial charge in [0.1, 0.15) is 5.75 Å². The third kappa shape index (κ3) is 3.51. The molecule has 21 heavy (non-hydrogen) atoms. The van der Waals surface area contributed by atoms with E-state index in [9.17, 15) is 0 Å². The van der Waals surface area contributed by atoms with Gasteiger partial charge in [-0.3, -0.25) is 0 Å². The van der Waals surface area contributed by atoms with E-state index in [1.54, 1.807) is 7.11 Å². The first-order valence-electron chi connectivity index (χ1n) is 8.59. The second-order valence-electron chi connectivity index (χ2n) is 7.01. The van der Waals surface area contributed by atoms with Crippen LogP contribution in [0.4, 0.5) is 0 Å². The first-order chi connectivity index (χ1) is 10.3. The lowest BCUT2D eigenvalue weighted by molar-refractivity contribution is 0.202. The summed E-state index contributed by atoms with van der Waals surface area (Å²) in [7, 11) is 1.73. The molecule has 1 aromatic carbocycles. The zero-order valence-corrected chi connectivity index (χ0v) is 13.5. The minimum Gasteiger partial charge on any atom is -0.497 e. The molecule has 0 aliphatic heterocycles. The van der Waals surface area contributed by atoms with Crippen LogP contribution in [-0.4, -0.2) is 7.11 Å². The molecular formula is C20H28O. The Bertz CT molecular complexity index is 477. The molecule has 0 saturated heterocycles. The highest BCUT2D eigenvalue weighted by Gasteiger charge is 2.27. The van der Waals surface area contributed by atoms with E-state index in [1.165, 1.54) is 56.1 Å². The summed E-state index contributed by atoms with van der Waals surface area (Å²) in [6.45, 7) is 2.42. The fourth-order valence-electron chi connectivity index (χ4n) is 4.11. The van der Waals surface area contributed by atoms with Crippen molar-refractivity contribution in [1.29, 1.82) is 0 Å². The highest BCUT2D eigenvalue weighted by Crippen LogP contribution is 2.41. The number of ether oxygens (including phenoxy) is 1. The fraction of sp³-hybridized carbons (Fsp3) is 0.600. The molecule has 1 saturated carbocycles. The third-order valence-corrected chi connectivity index (χ3v) is 5.64. The lowest BCUT2D eigenvalue weighted by atomic mass is 9.71. The van der Waals surface area contributed by atoms with Gasteiger partial charge in [0.2, 0.25) is 0 Å². The minimum absolute atomic E-state index is 0.944. The number of methoxy groups -OCH3 is 1. The average Bonchev–Trinajstić information content (AvgIpc) is 2.56. The van der Waals surface area contributed by atoms with E-state index in [0.717, 1.165) is 23.5 Å². The molecule has 0 heterocycles. The van der Waals surface area contributed by atoms with Crippen LogP contribution < -0.4 is 4.74 Å². The lowest BCUT2D eigenvalue weighted by Crippen LogP contribution is -2.22. The van der Waals surface area contributed by atoms with Crippen LogP contribution in [0.5, 0.6) is 5.75 Å². The number of hydrogen-bond acceptors (Lipinski definition) is 1. The maximum Gasteiger partial charge on any atom is 0.118 e. The Kier molecular flexibility index (Phi) is 4.67. The molecule has 2 aliphatic rings. The molecule has 0 aromatic heterocycles. The molecule has 0 radical (unpaired) electrons. The van der Waals surface area contributed by atoms with Crippen molar-refractivity contribution in [3.8, 4) is 5.75 Å². The second-order valence-corrected chi connectivity index (χ2v) is 7.01. The fourth-order valence-corrected chi connectivity index (χ4v) is 4.11. The molecule has 2 aliphatic carbocycles. The Morgan fingerprint density at radius 1 is 0.905 bits per heavy atom. The van der Waals surface area contributed by atoms with Crippen molar-refractivity contribution in [3.63, 3.8) is 0 Å². The van der Waals surface area contributed by atoms with Crippen molar-refractivity contribution in [2.75, 3.05) is 7.11 Å². The van der Waals surface area contributed by atoms with Crippen molar-refractivity contribution in [2.45, 2.75) is 51.9 Å². The largest absolute Gasteiger partial charge is 0.497 e. The van der Waals surface area contributed by atoms with Crippen molar-refractivity contribution < 1.29 is 4.74 Å². The van der Waals surface area contributed by atoms with E-state index in [2.05, 4.69) is 37.3 Å². The summed E-state index contributed by atoms with van der Waals surface area (Å²) in [5.41, 5.74) is 2.92. The van der Waals surface area contributed by atoms with Gasteiger partial charge in [-0.1, -0.05) is 38.0 Å². The number of hydrogen-bond donors (Lipinski definition) is 0. The molecule has 3 rings (SSSR count). The smallest absolute Gasteiger partial charge is 0.118 e. The zero-order chi connectivity index (χ0) is 14.7. The Hall–Kier alpha value is -1.24. The van der Waals surface area contributed by atoms with Crippen LogP contribution in [0, 0.1) is 17.8 Å². The Labute approximate surface area is 129 Å². The molecule has 1 fully saturated rings. The predicted molar refractivity (Wildman–Crippen MR) is 89.4 cm³/mol. The van der Waals surface area contributed by atoms with Crippen LogP contribution in [0.15, 0.2) is 30.3 Å². The summed E-state index contributed by atoms with van der Waals surface area (Å²) >= 11 is 0. The van der Waals surface area contributed by atoms with Crippen LogP contribution in [-0.2, 0) is 0 Å². The van der Waals surface area contributed by atoms with Crippen LogP contribution in [0.2, 0.25) is 0 Å². The van der Waals surface area contributed by atoms with Crippen molar-refractivity contribution >= 4 is 5.57 Å². The molecular weight excluding hydrogens is 256 g/mol. The third-order valence-electron chi connectivity index (χ3n) is 5.64. The van der Waals surface area contributed by atoms with Gasteiger partial charge in [-0.2, -0.15) is 0 Å². The SMILES string of the molecule is COc1ccc(C2=CCC(C3CCC(C)CC3)CC2)cc1. The Morgan fingerprint density at radius 3 is 2.19 bits per heavy atom. The summed E-state index contributed by atoms with van der Waals surface area (Å²) in [5.74, 6) is 3.86. The predicted octanol–water partition coefficient (Wildman–Crippen LogP) is 5.71. The van der Waals surface area contributed by atoms with Gasteiger partial charge >= 0.3 is 0 Å². The van der Waals surface area contributed by atoms with E-state index in [1.807, 2.05) is 0 Å². The Balaban J connectivity index is 1.60. The Morgan fingerprint density at radius 2 is 1.62 bits per heavy atom. The van der Waals surface area contributed by atoms with Gasteiger partial charge in [0, 0.05) is 0 Å². The summed E-state index contributed by atoms with van der Waals surface area (Å²) in [6, 6.07) is 8.55. The summed E-state index contributed by atoms with van der Waals surface area (Å²) in [4.78, 5) is 0. The van der Waals surface area contributed by atoms with Crippen LogP contribution in [0.3, 0.4) is 0 Å². The number of rotatable bonds is 3. The molecule has 0 spiro atoms. The first-order valence-corrected chi connectivity index (χ1v) is 8.59. The molecule has 114 valence electrons. The summed E-state index contributed by atoms with van der Waals surface area (Å²) in [5, 5.41) is 0. The van der Waals surface area contributed by atoms with Crippen molar-refractivity contribution in [2.24, 2.45) is 17.8 Å². The minimum atomic E-state index is 0.944. The van der Waals surface area contributed by atoms with Crippen molar-refractivity contribution in [1.82, 2.24) is 0 Å². The highest BCUT2D eigenvalue weighted by atomic mass is 16.5. The molecule has 1 aromatic rings. The van der Waals surface area contributed by atoms with Crippen molar-refractivity contribution in [3.05, 3.63) is 35.9 Å². The second kappa shape index (κ2) is 6.68. The van der Waals surface area contributed by atoms with E-state index >= 15 is 0 Å². The van der Waals surface area contributed by atoms with Crippen LogP contribution >= 0.6 is 0 Å². The maximum absolute atomic E-state index is 5.24. The number of benzene rings is 1. The monoisotopic (exact) mass is 284 g/mol. The highest BCUT2D eigenvalue weighted by molar-refractivity contribution is 5.66. The standard InChI is InChI=1S/C20H28O/c1-15-3-5-16(6-4-15)17-7-9-18(10-8-17)19-11-13-20(21-2)14-12-19/h9,11-17H,3-8,10H2,1-2H3. The quantitative estimate of drug-likeness (QED) is 0.691. The normalized spacial score (nSPS) is 29.8. The molecule has 1 nitrogen and oxygen atoms in total. The first kappa shape index (κ1) is 14.7. The molecule has 1 heteroatoms.